The zero-order valence-corrected chi connectivity index (χ0v) is 13.2. The van der Waals surface area contributed by atoms with Crippen molar-refractivity contribution in [2.75, 3.05) is 26.0 Å². The summed E-state index contributed by atoms with van der Waals surface area (Å²) >= 11 is 1.72. The van der Waals surface area contributed by atoms with Gasteiger partial charge in [-0.05, 0) is 44.2 Å². The van der Waals surface area contributed by atoms with Crippen molar-refractivity contribution in [1.29, 1.82) is 0 Å². The van der Waals surface area contributed by atoms with E-state index < -0.39 is 0 Å². The maximum absolute atomic E-state index is 6.01. The van der Waals surface area contributed by atoms with E-state index in [1.165, 1.54) is 11.3 Å². The van der Waals surface area contributed by atoms with Gasteiger partial charge in [-0.1, -0.05) is 19.1 Å². The molecule has 1 aromatic carbocycles. The first-order valence-corrected chi connectivity index (χ1v) is 8.68. The van der Waals surface area contributed by atoms with Crippen molar-refractivity contribution >= 4 is 11.8 Å². The first-order chi connectivity index (χ1) is 9.83. The monoisotopic (exact) mass is 295 g/mol. The lowest BCUT2D eigenvalue weighted by atomic mass is 10.2. The van der Waals surface area contributed by atoms with E-state index in [0.29, 0.717) is 12.7 Å². The van der Waals surface area contributed by atoms with E-state index in [9.17, 15) is 0 Å². The van der Waals surface area contributed by atoms with Crippen LogP contribution in [0.1, 0.15) is 26.2 Å². The second-order valence-electron chi connectivity index (χ2n) is 5.12. The SMILES string of the molecule is CCCNCC1CCC(COc2ccccc2SC)O1. The van der Waals surface area contributed by atoms with Crippen LogP contribution < -0.4 is 10.1 Å². The van der Waals surface area contributed by atoms with Crippen LogP contribution in [-0.4, -0.2) is 38.2 Å². The Balaban J connectivity index is 1.72. The fourth-order valence-corrected chi connectivity index (χ4v) is 2.96. The van der Waals surface area contributed by atoms with Gasteiger partial charge in [0.05, 0.1) is 12.2 Å². The molecule has 3 nitrogen and oxygen atoms in total. The predicted molar refractivity (Wildman–Crippen MR) is 84.8 cm³/mol. The average molecular weight is 295 g/mol. The number of ether oxygens (including phenoxy) is 2. The first-order valence-electron chi connectivity index (χ1n) is 7.45. The van der Waals surface area contributed by atoms with Crippen LogP contribution in [0.4, 0.5) is 0 Å². The highest BCUT2D eigenvalue weighted by atomic mass is 32.2. The van der Waals surface area contributed by atoms with Crippen molar-refractivity contribution < 1.29 is 9.47 Å². The molecule has 0 bridgehead atoms. The Bertz CT molecular complexity index is 400. The molecular formula is C16H25NO2S. The number of hydrogen-bond acceptors (Lipinski definition) is 4. The van der Waals surface area contributed by atoms with Crippen molar-refractivity contribution in [3.8, 4) is 5.75 Å². The van der Waals surface area contributed by atoms with E-state index in [1.807, 2.05) is 18.2 Å². The molecule has 0 saturated carbocycles. The summed E-state index contributed by atoms with van der Waals surface area (Å²) in [4.78, 5) is 1.19. The Morgan fingerprint density at radius 2 is 2.10 bits per heavy atom. The number of nitrogens with one attached hydrogen (secondary N) is 1. The highest BCUT2D eigenvalue weighted by Crippen LogP contribution is 2.28. The number of thioether (sulfide) groups is 1. The zero-order valence-electron chi connectivity index (χ0n) is 12.4. The molecule has 1 fully saturated rings. The lowest BCUT2D eigenvalue weighted by Crippen LogP contribution is -2.28. The lowest BCUT2D eigenvalue weighted by molar-refractivity contribution is 0.0181. The molecule has 1 saturated heterocycles. The average Bonchev–Trinajstić information content (AvgIpc) is 2.93. The fraction of sp³-hybridized carbons (Fsp3) is 0.625. The molecule has 0 radical (unpaired) electrons. The van der Waals surface area contributed by atoms with Crippen LogP contribution >= 0.6 is 11.8 Å². The van der Waals surface area contributed by atoms with Crippen LogP contribution in [0.3, 0.4) is 0 Å². The van der Waals surface area contributed by atoms with Gasteiger partial charge < -0.3 is 14.8 Å². The van der Waals surface area contributed by atoms with E-state index >= 15 is 0 Å². The molecule has 2 atom stereocenters. The smallest absolute Gasteiger partial charge is 0.132 e. The van der Waals surface area contributed by atoms with Crippen molar-refractivity contribution in [1.82, 2.24) is 5.32 Å². The van der Waals surface area contributed by atoms with Gasteiger partial charge in [-0.15, -0.1) is 11.8 Å². The van der Waals surface area contributed by atoms with Crippen molar-refractivity contribution in [2.45, 2.75) is 43.3 Å². The quantitative estimate of drug-likeness (QED) is 0.588. The summed E-state index contributed by atoms with van der Waals surface area (Å²) in [5.74, 6) is 0.969. The third kappa shape index (κ3) is 4.69. The molecule has 1 aliphatic rings. The molecule has 0 aromatic heterocycles. The van der Waals surface area contributed by atoms with E-state index in [1.54, 1.807) is 11.8 Å². The molecule has 1 aliphatic heterocycles. The summed E-state index contributed by atoms with van der Waals surface area (Å²) in [7, 11) is 0. The van der Waals surface area contributed by atoms with E-state index in [-0.39, 0.29) is 6.10 Å². The summed E-state index contributed by atoms with van der Waals surface area (Å²) in [6.45, 7) is 4.87. The first kappa shape index (κ1) is 15.7. The van der Waals surface area contributed by atoms with Crippen LogP contribution in [0.2, 0.25) is 0 Å². The minimum absolute atomic E-state index is 0.235. The number of hydrogen-bond donors (Lipinski definition) is 1. The Hall–Kier alpha value is -0.710. The van der Waals surface area contributed by atoms with Gasteiger partial charge in [-0.3, -0.25) is 0 Å². The summed E-state index contributed by atoms with van der Waals surface area (Å²) < 4.78 is 11.9. The fourth-order valence-electron chi connectivity index (χ4n) is 2.41. The summed E-state index contributed by atoms with van der Waals surface area (Å²) in [6.07, 6.45) is 6.06. The molecule has 0 amide bonds. The standard InChI is InChI=1S/C16H25NO2S/c1-3-10-17-11-13-8-9-14(19-13)12-18-15-6-4-5-7-16(15)20-2/h4-7,13-14,17H,3,8-12H2,1-2H3. The van der Waals surface area contributed by atoms with Crippen LogP contribution in [0.5, 0.6) is 5.75 Å². The Kier molecular flexibility index (Phi) is 6.70. The van der Waals surface area contributed by atoms with Crippen LogP contribution in [-0.2, 0) is 4.74 Å². The number of rotatable bonds is 8. The van der Waals surface area contributed by atoms with Gasteiger partial charge in [0.25, 0.3) is 0 Å². The Labute approximate surface area is 126 Å². The number of para-hydroxylation sites is 1. The maximum atomic E-state index is 6.01. The molecule has 0 aliphatic carbocycles. The van der Waals surface area contributed by atoms with E-state index in [2.05, 4.69) is 24.6 Å². The van der Waals surface area contributed by atoms with Gasteiger partial charge >= 0.3 is 0 Å². The second-order valence-corrected chi connectivity index (χ2v) is 5.97. The van der Waals surface area contributed by atoms with Crippen molar-refractivity contribution in [3.63, 3.8) is 0 Å². The van der Waals surface area contributed by atoms with Crippen LogP contribution in [0, 0.1) is 0 Å². The maximum Gasteiger partial charge on any atom is 0.132 e. The minimum atomic E-state index is 0.235. The molecule has 112 valence electrons. The minimum Gasteiger partial charge on any atom is -0.490 e. The van der Waals surface area contributed by atoms with Gasteiger partial charge in [0.15, 0.2) is 0 Å². The molecule has 0 spiro atoms. The van der Waals surface area contributed by atoms with Crippen molar-refractivity contribution in [2.24, 2.45) is 0 Å². The van der Waals surface area contributed by atoms with Crippen LogP contribution in [0.15, 0.2) is 29.2 Å². The molecule has 1 aromatic rings. The summed E-state index contributed by atoms with van der Waals surface area (Å²) in [5, 5.41) is 3.42. The van der Waals surface area contributed by atoms with Gasteiger partial charge in [0, 0.05) is 11.4 Å². The molecule has 2 rings (SSSR count). The van der Waals surface area contributed by atoms with Crippen LogP contribution in [0.25, 0.3) is 0 Å². The van der Waals surface area contributed by atoms with E-state index in [4.69, 9.17) is 9.47 Å². The van der Waals surface area contributed by atoms with Gasteiger partial charge in [-0.25, -0.2) is 0 Å². The van der Waals surface area contributed by atoms with Gasteiger partial charge in [-0.2, -0.15) is 0 Å². The lowest BCUT2D eigenvalue weighted by Gasteiger charge is -2.16. The zero-order chi connectivity index (χ0) is 14.2. The molecular weight excluding hydrogens is 270 g/mol. The second kappa shape index (κ2) is 8.55. The predicted octanol–water partition coefficient (Wildman–Crippen LogP) is 3.33. The Morgan fingerprint density at radius 1 is 1.30 bits per heavy atom. The largest absolute Gasteiger partial charge is 0.490 e. The third-order valence-electron chi connectivity index (χ3n) is 3.49. The number of benzene rings is 1. The van der Waals surface area contributed by atoms with Gasteiger partial charge in [0.1, 0.15) is 12.4 Å². The molecule has 4 heteroatoms. The Morgan fingerprint density at radius 3 is 2.90 bits per heavy atom. The topological polar surface area (TPSA) is 30.5 Å². The molecule has 1 N–H and O–H groups in total. The highest BCUT2D eigenvalue weighted by Gasteiger charge is 2.25. The van der Waals surface area contributed by atoms with Gasteiger partial charge in [0.2, 0.25) is 0 Å². The normalized spacial score (nSPS) is 22.1. The third-order valence-corrected chi connectivity index (χ3v) is 4.27. The highest BCUT2D eigenvalue weighted by molar-refractivity contribution is 7.98. The molecule has 20 heavy (non-hydrogen) atoms. The molecule has 2 unspecified atom stereocenters. The summed E-state index contributed by atoms with van der Waals surface area (Å²) in [5.41, 5.74) is 0. The van der Waals surface area contributed by atoms with E-state index in [0.717, 1.165) is 31.7 Å². The van der Waals surface area contributed by atoms with Crippen molar-refractivity contribution in [3.05, 3.63) is 24.3 Å². The summed E-state index contributed by atoms with van der Waals surface area (Å²) in [6, 6.07) is 8.18. The molecule has 1 heterocycles.